The Hall–Kier alpha value is -1.55. The number of nitrogens with one attached hydrogen (secondary N) is 1. The summed E-state index contributed by atoms with van der Waals surface area (Å²) >= 11 is 11.8. The van der Waals surface area contributed by atoms with Crippen molar-refractivity contribution in [2.24, 2.45) is 0 Å². The Kier molecular flexibility index (Phi) is 6.25. The van der Waals surface area contributed by atoms with Crippen molar-refractivity contribution in [2.45, 2.75) is 20.1 Å². The molecule has 0 aliphatic heterocycles. The number of ether oxygens (including phenoxy) is 1. The van der Waals surface area contributed by atoms with Crippen molar-refractivity contribution >= 4 is 29.1 Å². The number of carbonyl (C=O) groups is 1. The van der Waals surface area contributed by atoms with Crippen LogP contribution < -0.4 is 5.32 Å². The van der Waals surface area contributed by atoms with Crippen LogP contribution in [0.4, 0.5) is 0 Å². The number of rotatable bonds is 6. The van der Waals surface area contributed by atoms with Crippen LogP contribution in [0.15, 0.2) is 42.5 Å². The molecule has 0 fully saturated rings. The zero-order chi connectivity index (χ0) is 15.9. The predicted molar refractivity (Wildman–Crippen MR) is 89.4 cm³/mol. The molecule has 116 valence electrons. The molecule has 2 aromatic rings. The predicted octanol–water partition coefficient (Wildman–Crippen LogP) is 4.46. The quantitative estimate of drug-likeness (QED) is 0.844. The minimum atomic E-state index is -0.206. The number of hydrogen-bond donors (Lipinski definition) is 1. The van der Waals surface area contributed by atoms with Crippen molar-refractivity contribution in [2.75, 3.05) is 6.61 Å². The molecular formula is C17H17Cl2NO2. The first-order valence-electron chi connectivity index (χ1n) is 6.98. The number of hydrogen-bond acceptors (Lipinski definition) is 2. The number of amides is 1. The van der Waals surface area contributed by atoms with Crippen LogP contribution in [-0.4, -0.2) is 12.5 Å². The fourth-order valence-corrected chi connectivity index (χ4v) is 2.47. The van der Waals surface area contributed by atoms with Gasteiger partial charge in [0.1, 0.15) is 0 Å². The fourth-order valence-electron chi connectivity index (χ4n) is 1.94. The van der Waals surface area contributed by atoms with E-state index >= 15 is 0 Å². The maximum atomic E-state index is 12.1. The second-order valence-electron chi connectivity index (χ2n) is 4.79. The van der Waals surface area contributed by atoms with Crippen LogP contribution in [0.3, 0.4) is 0 Å². The van der Waals surface area contributed by atoms with E-state index in [2.05, 4.69) is 5.32 Å². The molecule has 1 amide bonds. The Morgan fingerprint density at radius 3 is 2.23 bits per heavy atom. The second-order valence-corrected chi connectivity index (χ2v) is 5.67. The molecule has 1 N–H and O–H groups in total. The topological polar surface area (TPSA) is 38.3 Å². The smallest absolute Gasteiger partial charge is 0.251 e. The van der Waals surface area contributed by atoms with Gasteiger partial charge in [0.2, 0.25) is 0 Å². The van der Waals surface area contributed by atoms with Crippen LogP contribution in [0.25, 0.3) is 0 Å². The minimum Gasteiger partial charge on any atom is -0.377 e. The molecule has 0 saturated carbocycles. The van der Waals surface area contributed by atoms with Gasteiger partial charge in [0.15, 0.2) is 0 Å². The molecular weight excluding hydrogens is 321 g/mol. The van der Waals surface area contributed by atoms with Gasteiger partial charge >= 0.3 is 0 Å². The maximum Gasteiger partial charge on any atom is 0.251 e. The number of halogens is 2. The van der Waals surface area contributed by atoms with E-state index in [1.165, 1.54) is 0 Å². The third-order valence-corrected chi connectivity index (χ3v) is 3.51. The van der Waals surface area contributed by atoms with Crippen molar-refractivity contribution in [3.05, 3.63) is 69.2 Å². The first-order chi connectivity index (χ1) is 10.6. The first kappa shape index (κ1) is 16.8. The fraction of sp³-hybridized carbons (Fsp3) is 0.235. The molecule has 0 aromatic heterocycles. The lowest BCUT2D eigenvalue weighted by molar-refractivity contribution is 0.0951. The summed E-state index contributed by atoms with van der Waals surface area (Å²) in [6, 6.07) is 12.7. The lowest BCUT2D eigenvalue weighted by Gasteiger charge is -2.07. The average Bonchev–Trinajstić information content (AvgIpc) is 2.50. The summed E-state index contributed by atoms with van der Waals surface area (Å²) in [4.78, 5) is 12.1. The molecule has 2 aromatic carbocycles. The second kappa shape index (κ2) is 8.18. The number of benzene rings is 2. The van der Waals surface area contributed by atoms with Gasteiger partial charge in [-0.25, -0.2) is 0 Å². The molecule has 5 heteroatoms. The van der Waals surface area contributed by atoms with E-state index in [9.17, 15) is 4.79 Å². The van der Waals surface area contributed by atoms with Crippen LogP contribution in [0, 0.1) is 0 Å². The molecule has 0 aliphatic carbocycles. The van der Waals surface area contributed by atoms with Crippen LogP contribution in [0.2, 0.25) is 10.0 Å². The molecule has 0 aliphatic rings. The van der Waals surface area contributed by atoms with E-state index in [0.29, 0.717) is 35.4 Å². The van der Waals surface area contributed by atoms with E-state index in [0.717, 1.165) is 11.1 Å². The van der Waals surface area contributed by atoms with Crippen molar-refractivity contribution in [1.29, 1.82) is 0 Å². The Morgan fingerprint density at radius 2 is 1.64 bits per heavy atom. The van der Waals surface area contributed by atoms with Crippen molar-refractivity contribution in [1.82, 2.24) is 5.32 Å². The zero-order valence-electron chi connectivity index (χ0n) is 12.2. The highest BCUT2D eigenvalue weighted by Crippen LogP contribution is 2.19. The van der Waals surface area contributed by atoms with Gasteiger partial charge in [-0.2, -0.15) is 0 Å². The van der Waals surface area contributed by atoms with Gasteiger partial charge in [-0.05, 0) is 36.2 Å². The molecule has 0 atom stereocenters. The molecule has 0 spiro atoms. The van der Waals surface area contributed by atoms with Crippen LogP contribution >= 0.6 is 23.2 Å². The molecule has 22 heavy (non-hydrogen) atoms. The summed E-state index contributed by atoms with van der Waals surface area (Å²) < 4.78 is 5.34. The van der Waals surface area contributed by atoms with Crippen molar-refractivity contribution < 1.29 is 9.53 Å². The SMILES string of the molecule is CCOCc1ccc(CNC(=O)c2cc(Cl)cc(Cl)c2)cc1. The normalized spacial score (nSPS) is 10.5. The van der Waals surface area contributed by atoms with E-state index < -0.39 is 0 Å². The zero-order valence-corrected chi connectivity index (χ0v) is 13.7. The Balaban J connectivity index is 1.93. The number of carbonyl (C=O) groups excluding carboxylic acids is 1. The molecule has 3 nitrogen and oxygen atoms in total. The Bertz CT molecular complexity index is 621. The van der Waals surface area contributed by atoms with Gasteiger partial charge in [-0.1, -0.05) is 47.5 Å². The third kappa shape index (κ3) is 5.02. The Morgan fingerprint density at radius 1 is 1.05 bits per heavy atom. The van der Waals surface area contributed by atoms with E-state index in [1.807, 2.05) is 31.2 Å². The van der Waals surface area contributed by atoms with Gasteiger partial charge in [0.25, 0.3) is 5.91 Å². The van der Waals surface area contributed by atoms with Crippen LogP contribution in [0.5, 0.6) is 0 Å². The van der Waals surface area contributed by atoms with Crippen LogP contribution in [0.1, 0.15) is 28.4 Å². The molecule has 0 radical (unpaired) electrons. The molecule has 2 rings (SSSR count). The van der Waals surface area contributed by atoms with Crippen molar-refractivity contribution in [3.63, 3.8) is 0 Å². The van der Waals surface area contributed by atoms with Gasteiger partial charge < -0.3 is 10.1 Å². The van der Waals surface area contributed by atoms with Crippen molar-refractivity contribution in [3.8, 4) is 0 Å². The lowest BCUT2D eigenvalue weighted by atomic mass is 10.1. The van der Waals surface area contributed by atoms with Gasteiger partial charge in [-0.3, -0.25) is 4.79 Å². The monoisotopic (exact) mass is 337 g/mol. The molecule has 0 saturated heterocycles. The summed E-state index contributed by atoms with van der Waals surface area (Å²) in [6.45, 7) is 3.70. The highest BCUT2D eigenvalue weighted by molar-refractivity contribution is 6.35. The summed E-state index contributed by atoms with van der Waals surface area (Å²) in [5.41, 5.74) is 2.57. The maximum absolute atomic E-state index is 12.1. The van der Waals surface area contributed by atoms with E-state index in [1.54, 1.807) is 18.2 Å². The summed E-state index contributed by atoms with van der Waals surface area (Å²) in [5.74, 6) is -0.206. The standard InChI is InChI=1S/C17H17Cl2NO2/c1-2-22-11-13-5-3-12(4-6-13)10-20-17(21)14-7-15(18)9-16(19)8-14/h3-9H,2,10-11H2,1H3,(H,20,21). The van der Waals surface area contributed by atoms with Gasteiger partial charge in [-0.15, -0.1) is 0 Å². The Labute approximate surface area is 140 Å². The highest BCUT2D eigenvalue weighted by atomic mass is 35.5. The van der Waals surface area contributed by atoms with Gasteiger partial charge in [0, 0.05) is 28.8 Å². The summed E-state index contributed by atoms with van der Waals surface area (Å²) in [5, 5.41) is 3.73. The van der Waals surface area contributed by atoms with Crippen LogP contribution in [-0.2, 0) is 17.9 Å². The lowest BCUT2D eigenvalue weighted by Crippen LogP contribution is -2.22. The minimum absolute atomic E-state index is 0.206. The molecule has 0 unspecified atom stereocenters. The molecule has 0 bridgehead atoms. The highest BCUT2D eigenvalue weighted by Gasteiger charge is 2.07. The summed E-state index contributed by atoms with van der Waals surface area (Å²) in [6.07, 6.45) is 0. The van der Waals surface area contributed by atoms with E-state index in [-0.39, 0.29) is 5.91 Å². The largest absolute Gasteiger partial charge is 0.377 e. The van der Waals surface area contributed by atoms with Gasteiger partial charge in [0.05, 0.1) is 6.61 Å². The third-order valence-electron chi connectivity index (χ3n) is 3.07. The van der Waals surface area contributed by atoms with E-state index in [4.69, 9.17) is 27.9 Å². The molecule has 0 heterocycles. The summed E-state index contributed by atoms with van der Waals surface area (Å²) in [7, 11) is 0. The average molecular weight is 338 g/mol. The first-order valence-corrected chi connectivity index (χ1v) is 7.74.